The minimum Gasteiger partial charge on any atom is -0.386 e. The molecule has 0 aliphatic carbocycles. The Labute approximate surface area is 166 Å². The van der Waals surface area contributed by atoms with Gasteiger partial charge in [0.15, 0.2) is 0 Å². The molecule has 0 fully saturated rings. The molecule has 0 radical (unpaired) electrons. The van der Waals surface area contributed by atoms with Crippen molar-refractivity contribution in [2.75, 3.05) is 0 Å². The minimum atomic E-state index is -0.0381. The first-order chi connectivity index (χ1) is 12.7. The van der Waals surface area contributed by atoms with Gasteiger partial charge in [-0.05, 0) is 58.1 Å². The van der Waals surface area contributed by atoms with Gasteiger partial charge in [-0.15, -0.1) is 6.58 Å². The van der Waals surface area contributed by atoms with Crippen LogP contribution in [0, 0.1) is 13.8 Å². The summed E-state index contributed by atoms with van der Waals surface area (Å²) in [7, 11) is 0. The first-order valence-corrected chi connectivity index (χ1v) is 9.93. The van der Waals surface area contributed by atoms with E-state index in [1.165, 1.54) is 27.8 Å². The van der Waals surface area contributed by atoms with Gasteiger partial charge < -0.3 is 5.32 Å². The number of aryl methyl sites for hydroxylation is 2. The molecule has 27 heavy (non-hydrogen) atoms. The molecule has 0 spiro atoms. The van der Waals surface area contributed by atoms with Gasteiger partial charge in [0, 0.05) is 17.2 Å². The highest BCUT2D eigenvalue weighted by molar-refractivity contribution is 5.40. The summed E-state index contributed by atoms with van der Waals surface area (Å²) >= 11 is 0. The van der Waals surface area contributed by atoms with Crippen LogP contribution in [0.2, 0.25) is 0 Å². The summed E-state index contributed by atoms with van der Waals surface area (Å²) in [6.45, 7) is 19.2. The number of allylic oxidation sites excluding steroid dienone is 1. The van der Waals surface area contributed by atoms with Crippen molar-refractivity contribution in [3.8, 4) is 0 Å². The highest BCUT2D eigenvalue weighted by Crippen LogP contribution is 2.37. The summed E-state index contributed by atoms with van der Waals surface area (Å²) < 4.78 is 0. The quantitative estimate of drug-likeness (QED) is 0.482. The Balaban J connectivity index is 2.20. The van der Waals surface area contributed by atoms with Gasteiger partial charge in [0.05, 0.1) is 0 Å². The van der Waals surface area contributed by atoms with Crippen LogP contribution in [-0.2, 0) is 5.41 Å². The second kappa shape index (κ2) is 9.08. The summed E-state index contributed by atoms with van der Waals surface area (Å²) in [4.78, 5) is 0. The lowest BCUT2D eigenvalue weighted by atomic mass is 9.72. The number of rotatable bonds is 9. The van der Waals surface area contributed by atoms with E-state index in [1.54, 1.807) is 0 Å². The number of hydrogen-bond acceptors (Lipinski definition) is 1. The van der Waals surface area contributed by atoms with Crippen LogP contribution in [0.15, 0.2) is 73.0 Å². The summed E-state index contributed by atoms with van der Waals surface area (Å²) in [5.74, 6) is 0. The lowest BCUT2D eigenvalue weighted by molar-refractivity contribution is 0.496. The first-order valence-electron chi connectivity index (χ1n) is 9.93. The number of nitrogens with one attached hydrogen (secondary N) is 1. The van der Waals surface area contributed by atoms with Gasteiger partial charge in [0.25, 0.3) is 0 Å². The molecular formula is C26H35N. The van der Waals surface area contributed by atoms with E-state index < -0.39 is 0 Å². The molecule has 1 heteroatoms. The molecule has 1 nitrogen and oxygen atoms in total. The van der Waals surface area contributed by atoms with Gasteiger partial charge >= 0.3 is 0 Å². The third kappa shape index (κ3) is 5.85. The fraction of sp³-hybridized carbons (Fsp3) is 0.385. The van der Waals surface area contributed by atoms with Crippen molar-refractivity contribution < 1.29 is 0 Å². The first kappa shape index (κ1) is 21.0. The summed E-state index contributed by atoms with van der Waals surface area (Å²) in [6, 6.07) is 18.3. The maximum Gasteiger partial charge on any atom is 0.0266 e. The van der Waals surface area contributed by atoms with E-state index in [2.05, 4.69) is 102 Å². The molecule has 0 saturated heterocycles. The Morgan fingerprint density at radius 3 is 1.78 bits per heavy atom. The third-order valence-corrected chi connectivity index (χ3v) is 5.41. The average molecular weight is 362 g/mol. The van der Waals surface area contributed by atoms with Crippen LogP contribution in [0.4, 0.5) is 0 Å². The summed E-state index contributed by atoms with van der Waals surface area (Å²) in [6.07, 6.45) is 2.94. The Kier molecular flexibility index (Phi) is 7.07. The Morgan fingerprint density at radius 2 is 1.37 bits per heavy atom. The molecule has 1 N–H and O–H groups in total. The van der Waals surface area contributed by atoms with Crippen molar-refractivity contribution in [3.05, 3.63) is 95.2 Å². The van der Waals surface area contributed by atoms with E-state index in [1.807, 2.05) is 0 Å². The molecule has 2 aromatic rings. The molecule has 1 atom stereocenters. The van der Waals surface area contributed by atoms with Crippen LogP contribution < -0.4 is 5.32 Å². The molecule has 0 amide bonds. The van der Waals surface area contributed by atoms with Crippen LogP contribution in [0.5, 0.6) is 0 Å². The fourth-order valence-corrected chi connectivity index (χ4v) is 3.69. The average Bonchev–Trinajstić information content (AvgIpc) is 2.60. The van der Waals surface area contributed by atoms with Crippen LogP contribution in [-0.4, -0.2) is 6.04 Å². The number of benzene rings is 2. The van der Waals surface area contributed by atoms with E-state index in [4.69, 9.17) is 0 Å². The summed E-state index contributed by atoms with van der Waals surface area (Å²) in [5.41, 5.74) is 7.58. The van der Waals surface area contributed by atoms with E-state index in [0.717, 1.165) is 25.0 Å². The monoisotopic (exact) mass is 361 g/mol. The lowest BCUT2D eigenvalue weighted by Crippen LogP contribution is -2.28. The van der Waals surface area contributed by atoms with Crippen LogP contribution in [0.3, 0.4) is 0 Å². The Bertz CT molecular complexity index is 719. The summed E-state index contributed by atoms with van der Waals surface area (Å²) in [5, 5.41) is 3.55. The van der Waals surface area contributed by atoms with E-state index in [-0.39, 0.29) is 5.41 Å². The lowest BCUT2D eigenvalue weighted by Gasteiger charge is -2.32. The van der Waals surface area contributed by atoms with Crippen LogP contribution >= 0.6 is 0 Å². The Morgan fingerprint density at radius 1 is 0.926 bits per heavy atom. The Hall–Kier alpha value is -2.28. The molecule has 0 aliphatic heterocycles. The van der Waals surface area contributed by atoms with Gasteiger partial charge in [0.2, 0.25) is 0 Å². The van der Waals surface area contributed by atoms with Crippen molar-refractivity contribution in [3.63, 3.8) is 0 Å². The van der Waals surface area contributed by atoms with E-state index in [0.29, 0.717) is 6.04 Å². The van der Waals surface area contributed by atoms with Crippen molar-refractivity contribution in [2.24, 2.45) is 0 Å². The standard InChI is InChI=1S/C26H35N/c1-19(2)18-23(6)27-22(5)16-17-26(7,24-12-8-20(3)9-13-24)25-14-10-21(4)11-15-25/h8-15,23,27H,1,5,16-18H2,2-4,6-7H3. The molecule has 144 valence electrons. The van der Waals surface area contributed by atoms with Gasteiger partial charge in [-0.2, -0.15) is 0 Å². The van der Waals surface area contributed by atoms with E-state index >= 15 is 0 Å². The van der Waals surface area contributed by atoms with Gasteiger partial charge in [0.1, 0.15) is 0 Å². The highest BCUT2D eigenvalue weighted by Gasteiger charge is 2.28. The molecule has 0 aliphatic rings. The smallest absolute Gasteiger partial charge is 0.0266 e. The maximum absolute atomic E-state index is 4.28. The maximum atomic E-state index is 4.28. The largest absolute Gasteiger partial charge is 0.386 e. The van der Waals surface area contributed by atoms with Crippen molar-refractivity contribution >= 4 is 0 Å². The molecule has 0 bridgehead atoms. The minimum absolute atomic E-state index is 0.0381. The normalized spacial score (nSPS) is 12.5. The van der Waals surface area contributed by atoms with Crippen molar-refractivity contribution in [1.82, 2.24) is 5.32 Å². The van der Waals surface area contributed by atoms with Gasteiger partial charge in [-0.3, -0.25) is 0 Å². The third-order valence-electron chi connectivity index (χ3n) is 5.41. The zero-order valence-corrected chi connectivity index (χ0v) is 17.7. The van der Waals surface area contributed by atoms with Crippen molar-refractivity contribution in [2.45, 2.75) is 65.3 Å². The van der Waals surface area contributed by atoms with Crippen LogP contribution in [0.25, 0.3) is 0 Å². The molecule has 0 heterocycles. The zero-order chi connectivity index (χ0) is 20.0. The molecule has 0 saturated carbocycles. The molecular weight excluding hydrogens is 326 g/mol. The topological polar surface area (TPSA) is 12.0 Å². The highest BCUT2D eigenvalue weighted by atomic mass is 14.9. The predicted molar refractivity (Wildman–Crippen MR) is 119 cm³/mol. The molecule has 2 rings (SSSR count). The van der Waals surface area contributed by atoms with Crippen LogP contribution in [0.1, 0.15) is 62.3 Å². The van der Waals surface area contributed by atoms with Gasteiger partial charge in [-0.25, -0.2) is 0 Å². The molecule has 2 aromatic carbocycles. The number of hydrogen-bond donors (Lipinski definition) is 1. The molecule has 0 aromatic heterocycles. The SMILES string of the molecule is C=C(C)CC(C)NC(=C)CCC(C)(c1ccc(C)cc1)c1ccc(C)cc1. The second-order valence-corrected chi connectivity index (χ2v) is 8.37. The molecule has 1 unspecified atom stereocenters. The zero-order valence-electron chi connectivity index (χ0n) is 17.7. The van der Waals surface area contributed by atoms with Crippen molar-refractivity contribution in [1.29, 1.82) is 0 Å². The van der Waals surface area contributed by atoms with Gasteiger partial charge in [-0.1, -0.05) is 78.7 Å². The fourth-order valence-electron chi connectivity index (χ4n) is 3.69. The second-order valence-electron chi connectivity index (χ2n) is 8.37. The predicted octanol–water partition coefficient (Wildman–Crippen LogP) is 6.85. The van der Waals surface area contributed by atoms with E-state index in [9.17, 15) is 0 Å².